The number of hydrogen-bond donors (Lipinski definition) is 1. The summed E-state index contributed by atoms with van der Waals surface area (Å²) in [6, 6.07) is 2.86. The molecule has 7 heteroatoms. The van der Waals surface area contributed by atoms with Crippen LogP contribution in [0.25, 0.3) is 11.1 Å². The van der Waals surface area contributed by atoms with E-state index in [-0.39, 0.29) is 16.8 Å². The summed E-state index contributed by atoms with van der Waals surface area (Å²) < 4.78 is 41.8. The quantitative estimate of drug-likeness (QED) is 0.754. The van der Waals surface area contributed by atoms with Gasteiger partial charge in [-0.25, -0.2) is 4.98 Å². The minimum absolute atomic E-state index is 0.0504. The molecule has 0 atom stereocenters. The van der Waals surface area contributed by atoms with E-state index in [1.165, 1.54) is 12.1 Å². The van der Waals surface area contributed by atoms with E-state index in [1.54, 1.807) is 0 Å². The Kier molecular flexibility index (Phi) is 2.14. The fraction of sp³-hybridized carbons (Fsp3) is 0.125. The Morgan fingerprint density at radius 2 is 2.00 bits per heavy atom. The van der Waals surface area contributed by atoms with E-state index in [1.807, 2.05) is 0 Å². The predicted octanol–water partition coefficient (Wildman–Crippen LogP) is 3.19. The van der Waals surface area contributed by atoms with E-state index in [2.05, 4.69) is 25.3 Å². The smallest absolute Gasteiger partial charge is 0.431 e. The van der Waals surface area contributed by atoms with Gasteiger partial charge < -0.3 is 10.2 Å². The van der Waals surface area contributed by atoms with Gasteiger partial charge in [0.25, 0.3) is 0 Å². The fourth-order valence-corrected chi connectivity index (χ4v) is 1.61. The van der Waals surface area contributed by atoms with Gasteiger partial charge >= 0.3 is 12.1 Å². The molecule has 0 aliphatic carbocycles. The van der Waals surface area contributed by atoms with Gasteiger partial charge in [0.1, 0.15) is 5.52 Å². The first kappa shape index (κ1) is 10.3. The van der Waals surface area contributed by atoms with Crippen molar-refractivity contribution in [1.82, 2.24) is 4.98 Å². The molecule has 1 aromatic heterocycles. The Hall–Kier alpha value is -1.24. The van der Waals surface area contributed by atoms with Crippen LogP contribution in [0.1, 0.15) is 5.89 Å². The Balaban J connectivity index is 2.71. The van der Waals surface area contributed by atoms with Gasteiger partial charge in [0.05, 0.1) is 5.69 Å². The zero-order chi connectivity index (χ0) is 11.2. The highest BCUT2D eigenvalue weighted by molar-refractivity contribution is 9.10. The van der Waals surface area contributed by atoms with E-state index in [4.69, 9.17) is 5.73 Å². The molecule has 0 spiro atoms. The van der Waals surface area contributed by atoms with E-state index in [0.717, 1.165) is 0 Å². The number of halogens is 4. The van der Waals surface area contributed by atoms with Gasteiger partial charge in [-0.05, 0) is 12.1 Å². The Morgan fingerprint density at radius 1 is 1.33 bits per heavy atom. The number of benzene rings is 1. The summed E-state index contributed by atoms with van der Waals surface area (Å²) in [6.45, 7) is 0. The molecule has 80 valence electrons. The van der Waals surface area contributed by atoms with Crippen LogP contribution >= 0.6 is 15.9 Å². The monoisotopic (exact) mass is 280 g/mol. The molecule has 0 aliphatic rings. The summed E-state index contributed by atoms with van der Waals surface area (Å²) in [5, 5.41) is 0. The minimum atomic E-state index is -4.60. The van der Waals surface area contributed by atoms with Crippen LogP contribution in [0, 0.1) is 0 Å². The highest BCUT2D eigenvalue weighted by Gasteiger charge is 2.37. The normalized spacial score (nSPS) is 12.3. The van der Waals surface area contributed by atoms with E-state index < -0.39 is 12.1 Å². The van der Waals surface area contributed by atoms with Crippen molar-refractivity contribution in [2.24, 2.45) is 0 Å². The maximum absolute atomic E-state index is 12.2. The topological polar surface area (TPSA) is 52.0 Å². The van der Waals surface area contributed by atoms with Crippen LogP contribution in [-0.2, 0) is 6.18 Å². The molecule has 0 unspecified atom stereocenters. The number of fused-ring (bicyclic) bond motifs is 1. The van der Waals surface area contributed by atoms with Crippen LogP contribution in [0.15, 0.2) is 21.0 Å². The third-order valence-corrected chi connectivity index (χ3v) is 2.18. The van der Waals surface area contributed by atoms with E-state index in [9.17, 15) is 13.2 Å². The van der Waals surface area contributed by atoms with E-state index >= 15 is 0 Å². The summed E-state index contributed by atoms with van der Waals surface area (Å²) in [7, 11) is 0. The number of nitrogen functional groups attached to an aromatic ring is 1. The molecule has 0 bridgehead atoms. The van der Waals surface area contributed by atoms with Gasteiger partial charge in [0.2, 0.25) is 0 Å². The minimum Gasteiger partial charge on any atom is -0.431 e. The third kappa shape index (κ3) is 1.79. The van der Waals surface area contributed by atoms with E-state index in [0.29, 0.717) is 4.47 Å². The molecule has 0 fully saturated rings. The van der Waals surface area contributed by atoms with Gasteiger partial charge in [-0.2, -0.15) is 13.2 Å². The lowest BCUT2D eigenvalue weighted by Crippen LogP contribution is -2.04. The first-order valence-corrected chi connectivity index (χ1v) is 4.60. The maximum atomic E-state index is 12.2. The largest absolute Gasteiger partial charge is 0.468 e. The molecule has 3 nitrogen and oxygen atoms in total. The number of rotatable bonds is 0. The molecular formula is C8H4BrF3N2O. The Morgan fingerprint density at radius 3 is 2.60 bits per heavy atom. The van der Waals surface area contributed by atoms with Crippen LogP contribution in [0.3, 0.4) is 0 Å². The maximum Gasteiger partial charge on any atom is 0.468 e. The van der Waals surface area contributed by atoms with Crippen molar-refractivity contribution in [1.29, 1.82) is 0 Å². The molecule has 0 saturated carbocycles. The fourth-order valence-electron chi connectivity index (χ4n) is 1.14. The van der Waals surface area contributed by atoms with Crippen LogP contribution in [0.5, 0.6) is 0 Å². The molecule has 0 radical (unpaired) electrons. The molecule has 2 N–H and O–H groups in total. The number of nitrogens with two attached hydrogens (primary N) is 1. The van der Waals surface area contributed by atoms with Gasteiger partial charge in [0, 0.05) is 4.47 Å². The second kappa shape index (κ2) is 3.13. The zero-order valence-corrected chi connectivity index (χ0v) is 8.69. The predicted molar refractivity (Wildman–Crippen MR) is 51.1 cm³/mol. The first-order chi connectivity index (χ1) is 6.88. The summed E-state index contributed by atoms with van der Waals surface area (Å²) >= 11 is 3.10. The number of oxazole rings is 1. The molecule has 2 rings (SSSR count). The Bertz CT molecular complexity index is 520. The van der Waals surface area contributed by atoms with Crippen LogP contribution in [0.2, 0.25) is 0 Å². The van der Waals surface area contributed by atoms with Crippen molar-refractivity contribution in [2.45, 2.75) is 6.18 Å². The number of anilines is 1. The summed E-state index contributed by atoms with van der Waals surface area (Å²) in [5.74, 6) is -1.29. The second-order valence-electron chi connectivity index (χ2n) is 2.86. The van der Waals surface area contributed by atoms with Gasteiger partial charge in [-0.1, -0.05) is 15.9 Å². The van der Waals surface area contributed by atoms with Crippen molar-refractivity contribution in [2.75, 3.05) is 5.73 Å². The lowest BCUT2D eigenvalue weighted by Gasteiger charge is -1.97. The number of aromatic nitrogens is 1. The highest BCUT2D eigenvalue weighted by atomic mass is 79.9. The second-order valence-corrected chi connectivity index (χ2v) is 3.78. The molecule has 15 heavy (non-hydrogen) atoms. The highest BCUT2D eigenvalue weighted by Crippen LogP contribution is 2.34. The third-order valence-electron chi connectivity index (χ3n) is 1.73. The van der Waals surface area contributed by atoms with Crippen LogP contribution in [0.4, 0.5) is 18.9 Å². The molecular weight excluding hydrogens is 277 g/mol. The summed E-state index contributed by atoms with van der Waals surface area (Å²) in [5.41, 5.74) is 5.62. The first-order valence-electron chi connectivity index (χ1n) is 3.80. The summed E-state index contributed by atoms with van der Waals surface area (Å²) in [6.07, 6.45) is -4.60. The molecule has 1 heterocycles. The van der Waals surface area contributed by atoms with Crippen LogP contribution < -0.4 is 5.73 Å². The van der Waals surface area contributed by atoms with Crippen molar-refractivity contribution in [3.63, 3.8) is 0 Å². The number of alkyl halides is 3. The molecule has 0 aliphatic heterocycles. The average molecular weight is 281 g/mol. The zero-order valence-electron chi connectivity index (χ0n) is 7.10. The molecule has 0 saturated heterocycles. The SMILES string of the molecule is Nc1cc(Br)cc2nc(C(F)(F)F)oc12. The van der Waals surface area contributed by atoms with Gasteiger partial charge in [-0.15, -0.1) is 0 Å². The molecule has 1 aromatic carbocycles. The van der Waals surface area contributed by atoms with Crippen molar-refractivity contribution >= 4 is 32.7 Å². The number of nitrogens with zero attached hydrogens (tertiary/aromatic N) is 1. The van der Waals surface area contributed by atoms with Gasteiger partial charge in [-0.3, -0.25) is 0 Å². The summed E-state index contributed by atoms with van der Waals surface area (Å²) in [4.78, 5) is 3.30. The van der Waals surface area contributed by atoms with Crippen molar-refractivity contribution in [3.05, 3.63) is 22.5 Å². The van der Waals surface area contributed by atoms with Crippen molar-refractivity contribution < 1.29 is 17.6 Å². The molecule has 0 amide bonds. The van der Waals surface area contributed by atoms with Crippen LogP contribution in [-0.4, -0.2) is 4.98 Å². The standard InChI is InChI=1S/C8H4BrF3N2O/c9-3-1-4(13)6-5(2-3)14-7(15-6)8(10,11)12/h1-2H,13H2. The lowest BCUT2D eigenvalue weighted by atomic mass is 10.3. The number of hydrogen-bond acceptors (Lipinski definition) is 3. The average Bonchev–Trinajstić information content (AvgIpc) is 2.46. The Labute approximate surface area is 90.2 Å². The van der Waals surface area contributed by atoms with Gasteiger partial charge in [0.15, 0.2) is 5.58 Å². The lowest BCUT2D eigenvalue weighted by molar-refractivity contribution is -0.156. The van der Waals surface area contributed by atoms with Crippen molar-refractivity contribution in [3.8, 4) is 0 Å². The molecule has 2 aromatic rings.